The molecule has 0 aliphatic carbocycles. The van der Waals surface area contributed by atoms with Crippen molar-refractivity contribution < 1.29 is 13.5 Å². The number of phenols is 1. The van der Waals surface area contributed by atoms with Gasteiger partial charge in [0.2, 0.25) is 0 Å². The first kappa shape index (κ1) is 21.4. The van der Waals surface area contributed by atoms with E-state index in [-0.39, 0.29) is 21.5 Å². The molecule has 0 fully saturated rings. The molecule has 5 nitrogen and oxygen atoms in total. The largest absolute Gasteiger partial charge is 0.507 e. The Balaban J connectivity index is 2.12. The van der Waals surface area contributed by atoms with E-state index >= 15 is 0 Å². The van der Waals surface area contributed by atoms with Gasteiger partial charge in [-0.3, -0.25) is 0 Å². The van der Waals surface area contributed by atoms with Crippen molar-refractivity contribution in [3.05, 3.63) is 86.8 Å². The number of hydrogen-bond donors (Lipinski definition) is 2. The fourth-order valence-electron chi connectivity index (χ4n) is 2.69. The quantitative estimate of drug-likeness (QED) is 0.279. The summed E-state index contributed by atoms with van der Waals surface area (Å²) in [6, 6.07) is 16.8. The lowest BCUT2D eigenvalue weighted by atomic mass is 10.1. The summed E-state index contributed by atoms with van der Waals surface area (Å²) in [6.45, 7) is 3.43. The van der Waals surface area contributed by atoms with Gasteiger partial charge in [-0.15, -0.1) is 4.40 Å². The molecule has 0 saturated heterocycles. The Morgan fingerprint density at radius 1 is 1.07 bits per heavy atom. The maximum absolute atomic E-state index is 12.9. The third kappa shape index (κ3) is 4.80. The molecule has 8 heteroatoms. The summed E-state index contributed by atoms with van der Waals surface area (Å²) < 4.78 is 30.6. The van der Waals surface area contributed by atoms with E-state index in [9.17, 15) is 13.5 Å². The Labute approximate surface area is 183 Å². The van der Waals surface area contributed by atoms with Crippen LogP contribution >= 0.6 is 27.5 Å². The molecule has 0 radical (unpaired) electrons. The Morgan fingerprint density at radius 3 is 2.31 bits per heavy atom. The molecule has 0 atom stereocenters. The molecule has 0 bridgehead atoms. The van der Waals surface area contributed by atoms with Gasteiger partial charge in [-0.25, -0.2) is 0 Å². The first-order chi connectivity index (χ1) is 13.7. The molecule has 150 valence electrons. The summed E-state index contributed by atoms with van der Waals surface area (Å²) in [5.74, 6) is 0.223. The van der Waals surface area contributed by atoms with Gasteiger partial charge in [-0.05, 0) is 49.7 Å². The van der Waals surface area contributed by atoms with Crippen LogP contribution in [0.15, 0.2) is 74.4 Å². The molecule has 0 aliphatic heterocycles. The van der Waals surface area contributed by atoms with Crippen molar-refractivity contribution in [2.24, 2.45) is 4.40 Å². The predicted octanol–water partition coefficient (Wildman–Crippen LogP) is 5.67. The van der Waals surface area contributed by atoms with Crippen LogP contribution in [0.3, 0.4) is 0 Å². The molecule has 2 N–H and O–H groups in total. The van der Waals surface area contributed by atoms with Crippen LogP contribution in [0.4, 0.5) is 5.69 Å². The number of aromatic hydroxyl groups is 1. The minimum atomic E-state index is -3.97. The van der Waals surface area contributed by atoms with Crippen molar-refractivity contribution in [1.29, 1.82) is 0 Å². The third-order valence-electron chi connectivity index (χ3n) is 4.28. The van der Waals surface area contributed by atoms with E-state index in [1.807, 2.05) is 6.07 Å². The maximum atomic E-state index is 12.9. The van der Waals surface area contributed by atoms with Gasteiger partial charge in [-0.1, -0.05) is 57.9 Å². The number of anilines is 1. The fraction of sp³-hybridized carbons (Fsp3) is 0.0952. The van der Waals surface area contributed by atoms with E-state index in [0.29, 0.717) is 22.4 Å². The molecule has 3 rings (SSSR count). The lowest BCUT2D eigenvalue weighted by Gasteiger charge is -2.15. The highest BCUT2D eigenvalue weighted by molar-refractivity contribution is 9.10. The molecule has 0 spiro atoms. The van der Waals surface area contributed by atoms with Gasteiger partial charge in [0, 0.05) is 15.6 Å². The number of nitrogens with one attached hydrogen (secondary N) is 1. The summed E-state index contributed by atoms with van der Waals surface area (Å²) in [6.07, 6.45) is 0. The van der Waals surface area contributed by atoms with Crippen LogP contribution in [-0.2, 0) is 10.0 Å². The number of rotatable bonds is 4. The average Bonchev–Trinajstić information content (AvgIpc) is 2.70. The van der Waals surface area contributed by atoms with Crippen molar-refractivity contribution in [3.63, 3.8) is 0 Å². The van der Waals surface area contributed by atoms with E-state index in [4.69, 9.17) is 11.6 Å². The SMILES string of the molecule is Cc1cc(NC(=NS(=O)(=O)c2ccc(Br)cc2)c2ccccc2)c(Cl)c(C)c1O. The monoisotopic (exact) mass is 492 g/mol. The van der Waals surface area contributed by atoms with E-state index in [2.05, 4.69) is 25.6 Å². The van der Waals surface area contributed by atoms with E-state index in [1.54, 1.807) is 56.3 Å². The molecular weight excluding hydrogens is 476 g/mol. The zero-order valence-electron chi connectivity index (χ0n) is 15.6. The van der Waals surface area contributed by atoms with Crippen LogP contribution in [0.2, 0.25) is 5.02 Å². The first-order valence-electron chi connectivity index (χ1n) is 8.60. The molecule has 0 heterocycles. The smallest absolute Gasteiger partial charge is 0.284 e. The molecule has 0 amide bonds. The normalized spacial score (nSPS) is 12.1. The number of hydrogen-bond acceptors (Lipinski definition) is 3. The van der Waals surface area contributed by atoms with Crippen molar-refractivity contribution in [3.8, 4) is 5.75 Å². The predicted molar refractivity (Wildman–Crippen MR) is 121 cm³/mol. The average molecular weight is 494 g/mol. The second kappa shape index (κ2) is 8.57. The summed E-state index contributed by atoms with van der Waals surface area (Å²) in [4.78, 5) is 0.0695. The fourth-order valence-corrected chi connectivity index (χ4v) is 4.12. The Morgan fingerprint density at radius 2 is 1.69 bits per heavy atom. The van der Waals surface area contributed by atoms with Gasteiger partial charge in [0.1, 0.15) is 5.75 Å². The summed E-state index contributed by atoms with van der Waals surface area (Å²) in [5, 5.41) is 13.4. The first-order valence-corrected chi connectivity index (χ1v) is 11.2. The molecule has 0 saturated carbocycles. The number of halogens is 2. The highest BCUT2D eigenvalue weighted by atomic mass is 79.9. The van der Waals surface area contributed by atoms with Crippen LogP contribution in [0.25, 0.3) is 0 Å². The molecular formula is C21H18BrClN2O3S. The second-order valence-electron chi connectivity index (χ2n) is 6.39. The van der Waals surface area contributed by atoms with Crippen molar-refractivity contribution in [2.45, 2.75) is 18.7 Å². The third-order valence-corrected chi connectivity index (χ3v) is 6.59. The summed E-state index contributed by atoms with van der Waals surface area (Å²) in [7, 11) is -3.97. The lowest BCUT2D eigenvalue weighted by Crippen LogP contribution is -2.17. The zero-order chi connectivity index (χ0) is 21.2. The van der Waals surface area contributed by atoms with Crippen LogP contribution in [0.1, 0.15) is 16.7 Å². The maximum Gasteiger partial charge on any atom is 0.284 e. The van der Waals surface area contributed by atoms with Gasteiger partial charge in [-0.2, -0.15) is 8.42 Å². The number of aryl methyl sites for hydroxylation is 1. The Bertz CT molecular complexity index is 1180. The van der Waals surface area contributed by atoms with Gasteiger partial charge in [0.05, 0.1) is 15.6 Å². The van der Waals surface area contributed by atoms with E-state index in [1.165, 1.54) is 12.1 Å². The molecule has 0 aliphatic rings. The Kier molecular flexibility index (Phi) is 6.31. The summed E-state index contributed by atoms with van der Waals surface area (Å²) in [5.41, 5.74) is 2.13. The molecule has 0 unspecified atom stereocenters. The minimum Gasteiger partial charge on any atom is -0.507 e. The van der Waals surface area contributed by atoms with Gasteiger partial charge < -0.3 is 10.4 Å². The zero-order valence-corrected chi connectivity index (χ0v) is 18.8. The number of phenolic OH excluding ortho intramolecular Hbond substituents is 1. The van der Waals surface area contributed by atoms with Crippen molar-refractivity contribution in [1.82, 2.24) is 0 Å². The molecule has 29 heavy (non-hydrogen) atoms. The van der Waals surface area contributed by atoms with Crippen LogP contribution < -0.4 is 5.32 Å². The molecule has 3 aromatic rings. The van der Waals surface area contributed by atoms with Gasteiger partial charge in [0.15, 0.2) is 5.84 Å². The van der Waals surface area contributed by atoms with E-state index < -0.39 is 10.0 Å². The van der Waals surface area contributed by atoms with Gasteiger partial charge in [0.25, 0.3) is 10.0 Å². The Hall–Kier alpha value is -2.35. The highest BCUT2D eigenvalue weighted by Crippen LogP contribution is 2.35. The van der Waals surface area contributed by atoms with Crippen LogP contribution in [0.5, 0.6) is 5.75 Å². The summed E-state index contributed by atoms with van der Waals surface area (Å²) >= 11 is 9.67. The highest BCUT2D eigenvalue weighted by Gasteiger charge is 2.18. The van der Waals surface area contributed by atoms with Crippen LogP contribution in [0, 0.1) is 13.8 Å². The topological polar surface area (TPSA) is 78.8 Å². The van der Waals surface area contributed by atoms with E-state index in [0.717, 1.165) is 4.47 Å². The number of benzene rings is 3. The molecule has 0 aromatic heterocycles. The number of nitrogens with zero attached hydrogens (tertiary/aromatic N) is 1. The van der Waals surface area contributed by atoms with Crippen LogP contribution in [-0.4, -0.2) is 19.4 Å². The number of sulfonamides is 1. The minimum absolute atomic E-state index is 0.0695. The number of amidine groups is 1. The van der Waals surface area contributed by atoms with Gasteiger partial charge >= 0.3 is 0 Å². The standard InChI is InChI=1S/C21H18BrClN2O3S/c1-13-12-18(19(23)14(2)20(13)26)24-21(15-6-4-3-5-7-15)25-29(27,28)17-10-8-16(22)9-11-17/h3-12,26H,1-2H3,(H,24,25). The van der Waals surface area contributed by atoms with Crippen molar-refractivity contribution in [2.75, 3.05) is 5.32 Å². The van der Waals surface area contributed by atoms with Crippen molar-refractivity contribution >= 4 is 49.1 Å². The molecule has 3 aromatic carbocycles. The lowest BCUT2D eigenvalue weighted by molar-refractivity contribution is 0.467. The second-order valence-corrected chi connectivity index (χ2v) is 9.29.